The van der Waals surface area contributed by atoms with E-state index in [4.69, 9.17) is 9.78 Å². The molecule has 0 aromatic carbocycles. The van der Waals surface area contributed by atoms with E-state index in [1.54, 1.807) is 0 Å². The second kappa shape index (κ2) is 3.17. The molecule has 0 amide bonds. The molecule has 3 heteroatoms. The number of rotatable bonds is 1. The van der Waals surface area contributed by atoms with Gasteiger partial charge in [-0.25, -0.2) is 9.78 Å². The zero-order valence-corrected chi connectivity index (χ0v) is 8.18. The van der Waals surface area contributed by atoms with Gasteiger partial charge in [0.25, 0.3) is 0 Å². The summed E-state index contributed by atoms with van der Waals surface area (Å²) in [6.07, 6.45) is -0.176. The molecule has 1 N–H and O–H groups in total. The fourth-order valence-corrected chi connectivity index (χ4v) is 0.986. The van der Waals surface area contributed by atoms with E-state index in [0.29, 0.717) is 0 Å². The predicted octanol–water partition coefficient (Wildman–Crippen LogP) is 1.61. The van der Waals surface area contributed by atoms with Crippen molar-refractivity contribution < 1.29 is 9.78 Å². The molecule has 70 valence electrons. The van der Waals surface area contributed by atoms with Crippen LogP contribution in [-0.4, -0.2) is 17.9 Å². The summed E-state index contributed by atoms with van der Waals surface area (Å²) in [5.74, 6) is 0. The summed E-state index contributed by atoms with van der Waals surface area (Å²) in [6.45, 7) is 12.0. The third-order valence-electron chi connectivity index (χ3n) is 1.72. The predicted molar refractivity (Wildman–Crippen MR) is 47.4 cm³/mol. The van der Waals surface area contributed by atoms with Crippen LogP contribution >= 0.6 is 0 Å². The van der Waals surface area contributed by atoms with E-state index in [-0.39, 0.29) is 17.9 Å². The smallest absolute Gasteiger partial charge is 0.168 e. The van der Waals surface area contributed by atoms with Crippen molar-refractivity contribution in [3.63, 3.8) is 0 Å². The molecule has 2 unspecified atom stereocenters. The van der Waals surface area contributed by atoms with Crippen LogP contribution in [0.5, 0.6) is 0 Å². The van der Waals surface area contributed by atoms with Crippen LogP contribution in [0.4, 0.5) is 0 Å². The molecule has 0 aliphatic carbocycles. The Bertz CT molecular complexity index is 183. The van der Waals surface area contributed by atoms with E-state index in [0.717, 1.165) is 5.57 Å². The van der Waals surface area contributed by atoms with Gasteiger partial charge in [0.1, 0.15) is 6.10 Å². The molecule has 1 aliphatic rings. The van der Waals surface area contributed by atoms with E-state index in [9.17, 15) is 0 Å². The van der Waals surface area contributed by atoms with E-state index in [2.05, 4.69) is 32.7 Å². The van der Waals surface area contributed by atoms with Crippen LogP contribution in [0, 0.1) is 0 Å². The lowest BCUT2D eigenvalue weighted by molar-refractivity contribution is -0.300. The highest BCUT2D eigenvalue weighted by Gasteiger charge is 2.31. The van der Waals surface area contributed by atoms with Gasteiger partial charge in [0.15, 0.2) is 6.23 Å². The number of nitrogens with one attached hydrogen (secondary N) is 1. The summed E-state index contributed by atoms with van der Waals surface area (Å²) in [6, 6.07) is 0. The van der Waals surface area contributed by atoms with Gasteiger partial charge in [-0.05, 0) is 27.7 Å². The number of hydrogen-bond donors (Lipinski definition) is 1. The molecule has 0 spiro atoms. The van der Waals surface area contributed by atoms with Gasteiger partial charge in [0, 0.05) is 11.1 Å². The maximum atomic E-state index is 5.04. The Labute approximate surface area is 73.7 Å². The zero-order chi connectivity index (χ0) is 9.35. The Balaban J connectivity index is 2.50. The number of hydrogen-bond acceptors (Lipinski definition) is 3. The third-order valence-corrected chi connectivity index (χ3v) is 1.72. The molecule has 1 saturated heterocycles. The van der Waals surface area contributed by atoms with E-state index >= 15 is 0 Å². The standard InChI is InChI=1S/C9H17NO2/c1-6-7(2)11-12-8(6)10-9(3,4)5/h7-8,10H,1H2,2-5H3. The van der Waals surface area contributed by atoms with Crippen LogP contribution in [0.3, 0.4) is 0 Å². The summed E-state index contributed by atoms with van der Waals surface area (Å²) in [7, 11) is 0. The van der Waals surface area contributed by atoms with Gasteiger partial charge in [-0.3, -0.25) is 5.32 Å². The zero-order valence-electron chi connectivity index (χ0n) is 8.18. The highest BCUT2D eigenvalue weighted by Crippen LogP contribution is 2.21. The average Bonchev–Trinajstić information content (AvgIpc) is 2.16. The Morgan fingerprint density at radius 2 is 1.92 bits per heavy atom. The second-order valence-corrected chi connectivity index (χ2v) is 4.18. The van der Waals surface area contributed by atoms with Crippen LogP contribution in [0.15, 0.2) is 12.2 Å². The van der Waals surface area contributed by atoms with Crippen LogP contribution in [0.1, 0.15) is 27.7 Å². The summed E-state index contributed by atoms with van der Waals surface area (Å²) >= 11 is 0. The summed E-state index contributed by atoms with van der Waals surface area (Å²) in [5, 5.41) is 3.25. The Kier molecular flexibility index (Phi) is 2.56. The molecular weight excluding hydrogens is 154 g/mol. The van der Waals surface area contributed by atoms with Crippen molar-refractivity contribution in [2.24, 2.45) is 0 Å². The lowest BCUT2D eigenvalue weighted by Crippen LogP contribution is -2.44. The molecule has 0 bridgehead atoms. The van der Waals surface area contributed by atoms with Gasteiger partial charge in [0.05, 0.1) is 0 Å². The molecule has 0 aromatic heterocycles. The maximum absolute atomic E-state index is 5.04. The minimum atomic E-state index is -0.167. The summed E-state index contributed by atoms with van der Waals surface area (Å²) in [4.78, 5) is 10.0. The average molecular weight is 171 g/mol. The van der Waals surface area contributed by atoms with Crippen LogP contribution < -0.4 is 5.32 Å². The van der Waals surface area contributed by atoms with Crippen molar-refractivity contribution in [3.8, 4) is 0 Å². The minimum Gasteiger partial charge on any atom is -0.281 e. The van der Waals surface area contributed by atoms with Crippen molar-refractivity contribution in [1.29, 1.82) is 0 Å². The monoisotopic (exact) mass is 171 g/mol. The van der Waals surface area contributed by atoms with Crippen LogP contribution in [-0.2, 0) is 9.78 Å². The van der Waals surface area contributed by atoms with Gasteiger partial charge in [-0.1, -0.05) is 6.58 Å². The van der Waals surface area contributed by atoms with Gasteiger partial charge >= 0.3 is 0 Å². The third kappa shape index (κ3) is 2.30. The van der Waals surface area contributed by atoms with Crippen molar-refractivity contribution in [2.75, 3.05) is 0 Å². The van der Waals surface area contributed by atoms with Crippen molar-refractivity contribution in [2.45, 2.75) is 45.6 Å². The molecule has 12 heavy (non-hydrogen) atoms. The first-order valence-electron chi connectivity index (χ1n) is 4.19. The lowest BCUT2D eigenvalue weighted by atomic mass is 10.1. The van der Waals surface area contributed by atoms with Gasteiger partial charge < -0.3 is 0 Å². The summed E-state index contributed by atoms with van der Waals surface area (Å²) in [5.41, 5.74) is 0.964. The highest BCUT2D eigenvalue weighted by atomic mass is 17.2. The fraction of sp³-hybridized carbons (Fsp3) is 0.778. The SMILES string of the molecule is C=C1C(C)OOC1NC(C)(C)C. The van der Waals surface area contributed by atoms with E-state index in [1.165, 1.54) is 0 Å². The van der Waals surface area contributed by atoms with Crippen molar-refractivity contribution >= 4 is 0 Å². The molecule has 1 heterocycles. The quantitative estimate of drug-likeness (QED) is 0.480. The van der Waals surface area contributed by atoms with Gasteiger partial charge in [0.2, 0.25) is 0 Å². The first kappa shape index (κ1) is 9.71. The molecule has 3 nitrogen and oxygen atoms in total. The first-order valence-corrected chi connectivity index (χ1v) is 4.19. The largest absolute Gasteiger partial charge is 0.281 e. The molecule has 1 fully saturated rings. The minimum absolute atomic E-state index is 0.00940. The molecule has 1 rings (SSSR count). The normalized spacial score (nSPS) is 31.2. The van der Waals surface area contributed by atoms with Crippen molar-refractivity contribution in [1.82, 2.24) is 5.32 Å². The fourth-order valence-electron chi connectivity index (χ4n) is 0.986. The van der Waals surface area contributed by atoms with Crippen molar-refractivity contribution in [3.05, 3.63) is 12.2 Å². The van der Waals surface area contributed by atoms with E-state index in [1.807, 2.05) is 6.92 Å². The van der Waals surface area contributed by atoms with Gasteiger partial charge in [-0.2, -0.15) is 0 Å². The van der Waals surface area contributed by atoms with Crippen LogP contribution in [0.2, 0.25) is 0 Å². The Morgan fingerprint density at radius 3 is 2.25 bits per heavy atom. The Hall–Kier alpha value is -0.380. The van der Waals surface area contributed by atoms with Crippen LogP contribution in [0.25, 0.3) is 0 Å². The molecule has 1 aliphatic heterocycles. The molecule has 0 saturated carbocycles. The molecule has 0 radical (unpaired) electrons. The molecule has 2 atom stereocenters. The second-order valence-electron chi connectivity index (χ2n) is 4.18. The molecular formula is C9H17NO2. The highest BCUT2D eigenvalue weighted by molar-refractivity contribution is 5.09. The topological polar surface area (TPSA) is 30.5 Å². The molecule has 0 aromatic rings. The lowest BCUT2D eigenvalue weighted by Gasteiger charge is -2.24. The maximum Gasteiger partial charge on any atom is 0.168 e. The summed E-state index contributed by atoms with van der Waals surface area (Å²) < 4.78 is 0. The first-order chi connectivity index (χ1) is 5.40. The Morgan fingerprint density at radius 1 is 1.33 bits per heavy atom. The van der Waals surface area contributed by atoms with Gasteiger partial charge in [-0.15, -0.1) is 0 Å². The van der Waals surface area contributed by atoms with E-state index < -0.39 is 0 Å².